The maximum Gasteiger partial charge on any atom is 0.254 e. The molecule has 6 nitrogen and oxygen atoms in total. The number of carbonyl (C=O) groups is 2. The van der Waals surface area contributed by atoms with E-state index in [9.17, 15) is 9.59 Å². The number of rotatable bonds is 7. The first-order chi connectivity index (χ1) is 13.3. The van der Waals surface area contributed by atoms with Crippen LogP contribution >= 0.6 is 0 Å². The molecule has 150 valence electrons. The molecule has 0 aliphatic heterocycles. The Kier molecular flexibility index (Phi) is 7.04. The van der Waals surface area contributed by atoms with Crippen molar-refractivity contribution in [3.8, 4) is 11.5 Å². The van der Waals surface area contributed by atoms with E-state index >= 15 is 0 Å². The number of methoxy groups -OCH3 is 2. The number of benzene rings is 1. The van der Waals surface area contributed by atoms with E-state index in [2.05, 4.69) is 19.2 Å². The molecular weight excluding hydrogens is 356 g/mol. The van der Waals surface area contributed by atoms with E-state index in [4.69, 9.17) is 9.47 Å². The summed E-state index contributed by atoms with van der Waals surface area (Å²) >= 11 is 0. The van der Waals surface area contributed by atoms with Crippen LogP contribution < -0.4 is 14.8 Å². The second-order valence-corrected chi connectivity index (χ2v) is 7.15. The zero-order valence-corrected chi connectivity index (χ0v) is 17.1. The van der Waals surface area contributed by atoms with Gasteiger partial charge < -0.3 is 19.7 Å². The zero-order valence-electron chi connectivity index (χ0n) is 17.1. The molecule has 1 aliphatic carbocycles. The van der Waals surface area contributed by atoms with Crippen molar-refractivity contribution in [3.63, 3.8) is 0 Å². The molecule has 1 aromatic rings. The van der Waals surface area contributed by atoms with Crippen LogP contribution in [0.15, 0.2) is 54.2 Å². The van der Waals surface area contributed by atoms with Crippen LogP contribution in [0.25, 0.3) is 0 Å². The highest BCUT2D eigenvalue weighted by atomic mass is 16.5. The predicted octanol–water partition coefficient (Wildman–Crippen LogP) is 2.86. The highest BCUT2D eigenvalue weighted by Crippen LogP contribution is 2.27. The van der Waals surface area contributed by atoms with Gasteiger partial charge in [0, 0.05) is 29.7 Å². The largest absolute Gasteiger partial charge is 0.497 e. The molecule has 2 amide bonds. The van der Waals surface area contributed by atoms with Crippen molar-refractivity contribution < 1.29 is 19.1 Å². The summed E-state index contributed by atoms with van der Waals surface area (Å²) in [5, 5.41) is 2.58. The highest BCUT2D eigenvalue weighted by Gasteiger charge is 2.22. The lowest BCUT2D eigenvalue weighted by Gasteiger charge is -2.24. The van der Waals surface area contributed by atoms with Crippen LogP contribution in [0.2, 0.25) is 0 Å². The fourth-order valence-corrected chi connectivity index (χ4v) is 2.78. The Labute approximate surface area is 166 Å². The molecule has 0 radical (unpaired) electrons. The normalized spacial score (nSPS) is 14.7. The molecule has 0 saturated carbocycles. The van der Waals surface area contributed by atoms with Gasteiger partial charge in [0.05, 0.1) is 20.8 Å². The van der Waals surface area contributed by atoms with Crippen LogP contribution in [0.1, 0.15) is 19.4 Å². The second kappa shape index (κ2) is 9.26. The Morgan fingerprint density at radius 2 is 1.89 bits per heavy atom. The van der Waals surface area contributed by atoms with Gasteiger partial charge in [0.25, 0.3) is 5.91 Å². The van der Waals surface area contributed by atoms with Gasteiger partial charge in [-0.05, 0) is 18.2 Å². The van der Waals surface area contributed by atoms with E-state index in [0.717, 1.165) is 5.56 Å². The van der Waals surface area contributed by atoms with Gasteiger partial charge in [-0.1, -0.05) is 38.2 Å². The van der Waals surface area contributed by atoms with Crippen molar-refractivity contribution >= 4 is 11.8 Å². The second-order valence-electron chi connectivity index (χ2n) is 7.15. The van der Waals surface area contributed by atoms with Crippen LogP contribution in [0.5, 0.6) is 11.5 Å². The lowest BCUT2D eigenvalue weighted by molar-refractivity contribution is -0.133. The summed E-state index contributed by atoms with van der Waals surface area (Å²) in [6.07, 6.45) is 9.46. The van der Waals surface area contributed by atoms with Crippen LogP contribution in [0.4, 0.5) is 0 Å². The standard InChI is InChI=1S/C22H28N2O4/c1-22(2)11-6-7-16(10-12-22)21(26)24(15-20(25)23-3)14-17-8-9-18(27-4)13-19(17)28-5/h6-13H,14-15H2,1-5H3,(H,23,25). The maximum absolute atomic E-state index is 13.2. The third kappa shape index (κ3) is 5.49. The number of ether oxygens (including phenoxy) is 2. The molecule has 0 spiro atoms. The van der Waals surface area contributed by atoms with Gasteiger partial charge in [-0.15, -0.1) is 0 Å². The van der Waals surface area contributed by atoms with E-state index in [-0.39, 0.29) is 30.3 Å². The first-order valence-corrected chi connectivity index (χ1v) is 9.09. The molecule has 0 bridgehead atoms. The van der Waals surface area contributed by atoms with Crippen LogP contribution in [0.3, 0.4) is 0 Å². The minimum atomic E-state index is -0.241. The molecule has 28 heavy (non-hydrogen) atoms. The van der Waals surface area contributed by atoms with Gasteiger partial charge in [-0.25, -0.2) is 0 Å². The highest BCUT2D eigenvalue weighted by molar-refractivity contribution is 5.98. The number of nitrogens with zero attached hydrogens (tertiary/aromatic N) is 1. The smallest absolute Gasteiger partial charge is 0.254 e. The van der Waals surface area contributed by atoms with E-state index in [1.165, 1.54) is 4.90 Å². The van der Waals surface area contributed by atoms with Crippen molar-refractivity contribution in [1.82, 2.24) is 10.2 Å². The van der Waals surface area contributed by atoms with Gasteiger partial charge in [0.15, 0.2) is 0 Å². The quantitative estimate of drug-likeness (QED) is 0.785. The van der Waals surface area contributed by atoms with Gasteiger partial charge in [0.1, 0.15) is 18.0 Å². The molecule has 0 heterocycles. The third-order valence-electron chi connectivity index (χ3n) is 4.50. The Morgan fingerprint density at radius 1 is 1.14 bits per heavy atom. The fraction of sp³-hybridized carbons (Fsp3) is 0.364. The number of nitrogens with one attached hydrogen (secondary N) is 1. The molecule has 1 N–H and O–H groups in total. The Bertz CT molecular complexity index is 822. The average Bonchev–Trinajstić information content (AvgIpc) is 2.87. The molecule has 0 unspecified atom stereocenters. The van der Waals surface area contributed by atoms with Crippen LogP contribution in [-0.4, -0.2) is 44.5 Å². The van der Waals surface area contributed by atoms with Crippen molar-refractivity contribution in [2.45, 2.75) is 20.4 Å². The summed E-state index contributed by atoms with van der Waals surface area (Å²) in [7, 11) is 4.69. The predicted molar refractivity (Wildman–Crippen MR) is 109 cm³/mol. The minimum absolute atomic E-state index is 0.0528. The molecule has 6 heteroatoms. The van der Waals surface area contributed by atoms with Crippen molar-refractivity contribution in [3.05, 3.63) is 59.7 Å². The van der Waals surface area contributed by atoms with Gasteiger partial charge >= 0.3 is 0 Å². The lowest BCUT2D eigenvalue weighted by atomic mass is 9.93. The van der Waals surface area contributed by atoms with Crippen molar-refractivity contribution in [2.24, 2.45) is 5.41 Å². The SMILES string of the molecule is CNC(=O)CN(Cc1ccc(OC)cc1OC)C(=O)C1=CC=CC(C)(C)C=C1. The molecule has 1 aliphatic rings. The van der Waals surface area contributed by atoms with Gasteiger partial charge in [-0.2, -0.15) is 0 Å². The molecule has 1 aromatic carbocycles. The summed E-state index contributed by atoms with van der Waals surface area (Å²) < 4.78 is 10.7. The average molecular weight is 384 g/mol. The lowest BCUT2D eigenvalue weighted by Crippen LogP contribution is -2.39. The first-order valence-electron chi connectivity index (χ1n) is 9.09. The van der Waals surface area contributed by atoms with Gasteiger partial charge in [0.2, 0.25) is 5.91 Å². The van der Waals surface area contributed by atoms with E-state index in [1.54, 1.807) is 39.5 Å². The number of hydrogen-bond acceptors (Lipinski definition) is 4. The molecule has 0 aromatic heterocycles. The molecule has 0 fully saturated rings. The van der Waals surface area contributed by atoms with Crippen LogP contribution in [-0.2, 0) is 16.1 Å². The van der Waals surface area contributed by atoms with E-state index in [0.29, 0.717) is 17.1 Å². The van der Waals surface area contributed by atoms with Crippen molar-refractivity contribution in [1.29, 1.82) is 0 Å². The Balaban J connectivity index is 2.32. The van der Waals surface area contributed by atoms with E-state index < -0.39 is 0 Å². The summed E-state index contributed by atoms with van der Waals surface area (Å²) in [6.45, 7) is 4.30. The van der Waals surface area contributed by atoms with E-state index in [1.807, 2.05) is 30.4 Å². The first kappa shape index (κ1) is 21.3. The number of allylic oxidation sites excluding steroid dienone is 4. The number of hydrogen-bond donors (Lipinski definition) is 1. The molecule has 0 saturated heterocycles. The molecule has 0 atom stereocenters. The Morgan fingerprint density at radius 3 is 2.54 bits per heavy atom. The summed E-state index contributed by atoms with van der Waals surface area (Å²) in [5.74, 6) is 0.794. The summed E-state index contributed by atoms with van der Waals surface area (Å²) in [6, 6.07) is 5.40. The number of likely N-dealkylation sites (N-methyl/N-ethyl adjacent to an activating group) is 1. The molecular formula is C22H28N2O4. The van der Waals surface area contributed by atoms with Crippen molar-refractivity contribution in [2.75, 3.05) is 27.8 Å². The zero-order chi connectivity index (χ0) is 20.7. The van der Waals surface area contributed by atoms with Crippen LogP contribution in [0, 0.1) is 5.41 Å². The summed E-state index contributed by atoms with van der Waals surface area (Å²) in [5.41, 5.74) is 1.18. The number of amides is 2. The minimum Gasteiger partial charge on any atom is -0.497 e. The molecule has 2 rings (SSSR count). The monoisotopic (exact) mass is 384 g/mol. The summed E-state index contributed by atoms with van der Waals surface area (Å²) in [4.78, 5) is 26.7. The fourth-order valence-electron chi connectivity index (χ4n) is 2.78. The maximum atomic E-state index is 13.2. The topological polar surface area (TPSA) is 67.9 Å². The van der Waals surface area contributed by atoms with Gasteiger partial charge in [-0.3, -0.25) is 9.59 Å². The third-order valence-corrected chi connectivity index (χ3v) is 4.50. The Hall–Kier alpha value is -3.02. The number of carbonyl (C=O) groups excluding carboxylic acids is 2.